The first-order chi connectivity index (χ1) is 16.7. The Morgan fingerprint density at radius 2 is 2.03 bits per heavy atom. The number of nitrogens with zero attached hydrogens (tertiary/aromatic N) is 2. The van der Waals surface area contributed by atoms with Crippen molar-refractivity contribution in [1.82, 2.24) is 15.2 Å². The van der Waals surface area contributed by atoms with E-state index < -0.39 is 11.5 Å². The summed E-state index contributed by atoms with van der Waals surface area (Å²) in [6, 6.07) is 11.9. The van der Waals surface area contributed by atoms with Gasteiger partial charge in [-0.25, -0.2) is 9.37 Å². The van der Waals surface area contributed by atoms with Crippen LogP contribution in [0.1, 0.15) is 65.9 Å². The van der Waals surface area contributed by atoms with Crippen LogP contribution in [0.15, 0.2) is 47.8 Å². The van der Waals surface area contributed by atoms with Gasteiger partial charge in [-0.15, -0.1) is 11.3 Å². The van der Waals surface area contributed by atoms with Crippen molar-refractivity contribution < 1.29 is 18.7 Å². The molecule has 1 aliphatic rings. The van der Waals surface area contributed by atoms with Gasteiger partial charge in [-0.3, -0.25) is 9.59 Å². The first kappa shape index (κ1) is 24.9. The van der Waals surface area contributed by atoms with E-state index in [9.17, 15) is 14.0 Å². The zero-order valence-corrected chi connectivity index (χ0v) is 21.2. The number of hydrogen-bond donors (Lipinski definition) is 1. The predicted molar refractivity (Wildman–Crippen MR) is 134 cm³/mol. The number of aromatic nitrogens is 1. The van der Waals surface area contributed by atoms with Gasteiger partial charge in [-0.2, -0.15) is 0 Å². The van der Waals surface area contributed by atoms with E-state index in [-0.39, 0.29) is 24.2 Å². The SMILES string of the molecule is CCNC(=O)c1csc(COc2ccc3c(c2)[C@@H](c2cccc(F)c2)N(C(=O)C(C)(C)C)CC3)n1. The minimum Gasteiger partial charge on any atom is -0.486 e. The summed E-state index contributed by atoms with van der Waals surface area (Å²) in [5.41, 5.74) is 2.58. The Balaban J connectivity index is 1.63. The van der Waals surface area contributed by atoms with Crippen molar-refractivity contribution in [3.05, 3.63) is 81.1 Å². The second kappa shape index (κ2) is 10.2. The zero-order chi connectivity index (χ0) is 25.2. The Kier molecular flexibility index (Phi) is 7.21. The molecule has 8 heteroatoms. The highest BCUT2D eigenvalue weighted by Crippen LogP contribution is 2.39. The maximum Gasteiger partial charge on any atom is 0.270 e. The second-order valence-electron chi connectivity index (χ2n) is 9.59. The van der Waals surface area contributed by atoms with E-state index in [4.69, 9.17) is 4.74 Å². The molecule has 2 heterocycles. The van der Waals surface area contributed by atoms with E-state index >= 15 is 0 Å². The lowest BCUT2D eigenvalue weighted by molar-refractivity contribution is -0.141. The summed E-state index contributed by atoms with van der Waals surface area (Å²) in [6.07, 6.45) is 0.714. The van der Waals surface area contributed by atoms with Gasteiger partial charge in [0.05, 0.1) is 6.04 Å². The second-order valence-corrected chi connectivity index (χ2v) is 10.5. The highest BCUT2D eigenvalue weighted by atomic mass is 32.1. The van der Waals surface area contributed by atoms with Gasteiger partial charge in [0.1, 0.15) is 28.9 Å². The molecule has 1 atom stereocenters. The molecule has 0 saturated heterocycles. The topological polar surface area (TPSA) is 71.5 Å². The third kappa shape index (κ3) is 5.53. The van der Waals surface area contributed by atoms with Crippen LogP contribution in [-0.2, 0) is 17.8 Å². The molecule has 1 aromatic heterocycles. The van der Waals surface area contributed by atoms with Crippen LogP contribution in [0, 0.1) is 11.2 Å². The third-order valence-corrected chi connectivity index (χ3v) is 6.72. The molecule has 0 bridgehead atoms. The Hall–Kier alpha value is -3.26. The van der Waals surface area contributed by atoms with E-state index in [0.29, 0.717) is 36.0 Å². The molecule has 0 saturated carbocycles. The van der Waals surface area contributed by atoms with Crippen molar-refractivity contribution in [2.24, 2.45) is 5.41 Å². The molecule has 0 unspecified atom stereocenters. The average molecular weight is 496 g/mol. The highest BCUT2D eigenvalue weighted by molar-refractivity contribution is 7.09. The average Bonchev–Trinajstić information content (AvgIpc) is 3.30. The Bertz CT molecular complexity index is 1230. The number of carbonyl (C=O) groups excluding carboxylic acids is 2. The van der Waals surface area contributed by atoms with Gasteiger partial charge in [-0.05, 0) is 54.3 Å². The fourth-order valence-corrected chi connectivity index (χ4v) is 4.93. The van der Waals surface area contributed by atoms with Crippen LogP contribution >= 0.6 is 11.3 Å². The van der Waals surface area contributed by atoms with Crippen molar-refractivity contribution in [1.29, 1.82) is 0 Å². The number of hydrogen-bond acceptors (Lipinski definition) is 5. The lowest BCUT2D eigenvalue weighted by Crippen LogP contribution is -2.45. The molecule has 1 aliphatic heterocycles. The third-order valence-electron chi connectivity index (χ3n) is 5.90. The molecule has 1 N–H and O–H groups in total. The number of amides is 2. The number of rotatable bonds is 6. The molecule has 35 heavy (non-hydrogen) atoms. The maximum absolute atomic E-state index is 14.2. The van der Waals surface area contributed by atoms with Crippen molar-refractivity contribution in [2.45, 2.75) is 46.8 Å². The molecule has 0 aliphatic carbocycles. The smallest absolute Gasteiger partial charge is 0.270 e. The number of carbonyl (C=O) groups is 2. The van der Waals surface area contributed by atoms with Crippen molar-refractivity contribution in [3.8, 4) is 5.75 Å². The zero-order valence-electron chi connectivity index (χ0n) is 20.4. The van der Waals surface area contributed by atoms with E-state index in [1.54, 1.807) is 11.4 Å². The number of nitrogens with one attached hydrogen (secondary N) is 1. The largest absolute Gasteiger partial charge is 0.486 e. The normalized spacial score (nSPS) is 15.5. The lowest BCUT2D eigenvalue weighted by Gasteiger charge is -2.41. The van der Waals surface area contributed by atoms with E-state index in [0.717, 1.165) is 16.7 Å². The minimum absolute atomic E-state index is 0.0180. The quantitative estimate of drug-likeness (QED) is 0.515. The van der Waals surface area contributed by atoms with Gasteiger partial charge in [-0.1, -0.05) is 39.0 Å². The Morgan fingerprint density at radius 1 is 1.23 bits per heavy atom. The summed E-state index contributed by atoms with van der Waals surface area (Å²) in [7, 11) is 0. The molecule has 4 rings (SSSR count). The van der Waals surface area contributed by atoms with E-state index in [1.807, 2.05) is 56.9 Å². The molecule has 2 amide bonds. The molecular formula is C27H30FN3O3S. The predicted octanol–water partition coefficient (Wildman–Crippen LogP) is 5.13. The number of halogens is 1. The standard InChI is InChI=1S/C27H30FN3O3S/c1-5-29-25(32)22-16-35-23(30-22)15-34-20-10-9-17-11-12-31(26(33)27(2,3)4)24(21(17)14-20)18-7-6-8-19(28)13-18/h6-10,13-14,16,24H,5,11-12,15H2,1-4H3,(H,29,32)/t24-/m1/s1. The summed E-state index contributed by atoms with van der Waals surface area (Å²) in [5, 5.41) is 5.14. The van der Waals surface area contributed by atoms with Crippen LogP contribution < -0.4 is 10.1 Å². The molecular weight excluding hydrogens is 465 g/mol. The summed E-state index contributed by atoms with van der Waals surface area (Å²) >= 11 is 1.37. The Morgan fingerprint density at radius 3 is 2.74 bits per heavy atom. The molecule has 0 fully saturated rings. The van der Waals surface area contributed by atoms with Crippen LogP contribution in [0.2, 0.25) is 0 Å². The molecule has 2 aromatic carbocycles. The monoisotopic (exact) mass is 495 g/mol. The highest BCUT2D eigenvalue weighted by Gasteiger charge is 2.37. The van der Waals surface area contributed by atoms with Crippen LogP contribution in [0.25, 0.3) is 0 Å². The van der Waals surface area contributed by atoms with E-state index in [1.165, 1.54) is 23.5 Å². The first-order valence-corrected chi connectivity index (χ1v) is 12.6. The summed E-state index contributed by atoms with van der Waals surface area (Å²) in [5.74, 6) is 0.108. The van der Waals surface area contributed by atoms with E-state index in [2.05, 4.69) is 10.3 Å². The van der Waals surface area contributed by atoms with Gasteiger partial charge < -0.3 is 15.0 Å². The van der Waals surface area contributed by atoms with Crippen molar-refractivity contribution in [3.63, 3.8) is 0 Å². The van der Waals surface area contributed by atoms with Crippen LogP contribution in [0.4, 0.5) is 4.39 Å². The molecule has 6 nitrogen and oxygen atoms in total. The maximum atomic E-state index is 14.2. The van der Waals surface area contributed by atoms with Crippen LogP contribution in [0.5, 0.6) is 5.75 Å². The summed E-state index contributed by atoms with van der Waals surface area (Å²) < 4.78 is 20.2. The van der Waals surface area contributed by atoms with Crippen LogP contribution in [-0.4, -0.2) is 34.8 Å². The van der Waals surface area contributed by atoms with Crippen molar-refractivity contribution in [2.75, 3.05) is 13.1 Å². The van der Waals surface area contributed by atoms with Gasteiger partial charge in [0, 0.05) is 23.9 Å². The first-order valence-electron chi connectivity index (χ1n) is 11.7. The fraction of sp³-hybridized carbons (Fsp3) is 0.370. The lowest BCUT2D eigenvalue weighted by atomic mass is 9.85. The van der Waals surface area contributed by atoms with Gasteiger partial charge >= 0.3 is 0 Å². The molecule has 0 spiro atoms. The number of fused-ring (bicyclic) bond motifs is 1. The summed E-state index contributed by atoms with van der Waals surface area (Å²) in [4.78, 5) is 31.5. The molecule has 184 valence electrons. The molecule has 3 aromatic rings. The van der Waals surface area contributed by atoms with Gasteiger partial charge in [0.15, 0.2) is 0 Å². The fourth-order valence-electron chi connectivity index (χ4n) is 4.25. The Labute approximate surface area is 209 Å². The number of thiazole rings is 1. The van der Waals surface area contributed by atoms with Gasteiger partial charge in [0.25, 0.3) is 5.91 Å². The number of ether oxygens (including phenoxy) is 1. The summed E-state index contributed by atoms with van der Waals surface area (Å²) in [6.45, 7) is 8.88. The van der Waals surface area contributed by atoms with Crippen LogP contribution in [0.3, 0.4) is 0 Å². The van der Waals surface area contributed by atoms with Gasteiger partial charge in [0.2, 0.25) is 5.91 Å². The van der Waals surface area contributed by atoms with Crippen molar-refractivity contribution >= 4 is 23.2 Å². The molecule has 0 radical (unpaired) electrons. The number of benzene rings is 2. The minimum atomic E-state index is -0.566.